The molecular formula is C15H21NO3S. The van der Waals surface area contributed by atoms with Crippen molar-refractivity contribution in [3.8, 4) is 5.75 Å². The topological polar surface area (TPSA) is 58.6 Å². The number of nitrogens with one attached hydrogen (secondary N) is 1. The van der Waals surface area contributed by atoms with Gasteiger partial charge in [-0.3, -0.25) is 4.79 Å². The molecule has 0 amide bonds. The third kappa shape index (κ3) is 3.67. The van der Waals surface area contributed by atoms with Crippen molar-refractivity contribution in [1.82, 2.24) is 5.32 Å². The molecule has 1 aliphatic heterocycles. The van der Waals surface area contributed by atoms with Crippen molar-refractivity contribution in [2.75, 3.05) is 18.6 Å². The number of thioether (sulfide) groups is 1. The Balaban J connectivity index is 2.01. The third-order valence-electron chi connectivity index (χ3n) is 3.75. The maximum atomic E-state index is 11.3. The Labute approximate surface area is 123 Å². The molecule has 1 aromatic carbocycles. The van der Waals surface area contributed by atoms with Crippen LogP contribution in [0.1, 0.15) is 24.9 Å². The van der Waals surface area contributed by atoms with Crippen LogP contribution in [-0.4, -0.2) is 35.7 Å². The summed E-state index contributed by atoms with van der Waals surface area (Å²) >= 11 is 1.73. The molecule has 3 atom stereocenters. The van der Waals surface area contributed by atoms with Crippen molar-refractivity contribution in [2.45, 2.75) is 25.4 Å². The summed E-state index contributed by atoms with van der Waals surface area (Å²) in [6, 6.07) is 8.08. The van der Waals surface area contributed by atoms with Crippen LogP contribution in [0, 0.1) is 5.92 Å². The van der Waals surface area contributed by atoms with Crippen LogP contribution in [0.25, 0.3) is 0 Å². The van der Waals surface area contributed by atoms with Gasteiger partial charge in [0.2, 0.25) is 0 Å². The number of methoxy groups -OCH3 is 1. The van der Waals surface area contributed by atoms with Gasteiger partial charge in [-0.25, -0.2) is 0 Å². The van der Waals surface area contributed by atoms with Crippen molar-refractivity contribution in [2.24, 2.45) is 5.92 Å². The fourth-order valence-corrected chi connectivity index (χ4v) is 3.71. The Morgan fingerprint density at radius 2 is 2.15 bits per heavy atom. The second kappa shape index (κ2) is 6.99. The second-order valence-electron chi connectivity index (χ2n) is 5.08. The minimum Gasteiger partial charge on any atom is -0.497 e. The molecule has 5 heteroatoms. The number of carboxylic acids is 1. The molecule has 0 radical (unpaired) electrons. The van der Waals surface area contributed by atoms with E-state index in [1.54, 1.807) is 18.9 Å². The molecule has 1 heterocycles. The average molecular weight is 295 g/mol. The van der Waals surface area contributed by atoms with E-state index < -0.39 is 5.97 Å². The largest absolute Gasteiger partial charge is 0.497 e. The monoisotopic (exact) mass is 295 g/mol. The molecular weight excluding hydrogens is 274 g/mol. The van der Waals surface area contributed by atoms with Crippen molar-refractivity contribution in [3.63, 3.8) is 0 Å². The van der Waals surface area contributed by atoms with E-state index in [0.717, 1.165) is 23.5 Å². The van der Waals surface area contributed by atoms with E-state index >= 15 is 0 Å². The van der Waals surface area contributed by atoms with Crippen LogP contribution in [0.15, 0.2) is 24.3 Å². The smallest absolute Gasteiger partial charge is 0.308 e. The van der Waals surface area contributed by atoms with Gasteiger partial charge in [0.15, 0.2) is 0 Å². The molecule has 0 bridgehead atoms. The molecule has 2 rings (SSSR count). The summed E-state index contributed by atoms with van der Waals surface area (Å²) in [4.78, 5) is 11.3. The SMILES string of the molecule is COc1ccc([C@H](C)N[C@H]2CCSC[C@H]2C(=O)O)cc1. The molecule has 4 nitrogen and oxygen atoms in total. The molecule has 0 unspecified atom stereocenters. The Morgan fingerprint density at radius 3 is 2.75 bits per heavy atom. The zero-order chi connectivity index (χ0) is 14.5. The van der Waals surface area contributed by atoms with Crippen molar-refractivity contribution in [3.05, 3.63) is 29.8 Å². The number of carbonyl (C=O) groups is 1. The van der Waals surface area contributed by atoms with E-state index in [2.05, 4.69) is 12.2 Å². The highest BCUT2D eigenvalue weighted by molar-refractivity contribution is 7.99. The molecule has 2 N–H and O–H groups in total. The van der Waals surface area contributed by atoms with Gasteiger partial charge in [-0.1, -0.05) is 12.1 Å². The van der Waals surface area contributed by atoms with Gasteiger partial charge < -0.3 is 15.2 Å². The Kier molecular flexibility index (Phi) is 5.31. The van der Waals surface area contributed by atoms with Crippen molar-refractivity contribution in [1.29, 1.82) is 0 Å². The second-order valence-corrected chi connectivity index (χ2v) is 6.23. The molecule has 1 fully saturated rings. The first kappa shape index (κ1) is 15.2. The Morgan fingerprint density at radius 1 is 1.45 bits per heavy atom. The highest BCUT2D eigenvalue weighted by Crippen LogP contribution is 2.26. The number of aliphatic carboxylic acids is 1. The Bertz CT molecular complexity index is 449. The van der Waals surface area contributed by atoms with Crippen LogP contribution in [0.4, 0.5) is 0 Å². The summed E-state index contributed by atoms with van der Waals surface area (Å²) < 4.78 is 5.15. The first-order chi connectivity index (χ1) is 9.61. The summed E-state index contributed by atoms with van der Waals surface area (Å²) in [5, 5.41) is 12.8. The standard InChI is InChI=1S/C15H21NO3S/c1-10(11-3-5-12(19-2)6-4-11)16-14-7-8-20-9-13(14)15(17)18/h3-6,10,13-14,16H,7-9H2,1-2H3,(H,17,18)/t10-,13+,14-/m0/s1. The predicted molar refractivity (Wildman–Crippen MR) is 81.4 cm³/mol. The zero-order valence-electron chi connectivity index (χ0n) is 11.8. The molecule has 0 spiro atoms. The molecule has 0 aliphatic carbocycles. The minimum absolute atomic E-state index is 0.0471. The van der Waals surface area contributed by atoms with Crippen LogP contribution < -0.4 is 10.1 Å². The number of carboxylic acid groups (broad SMARTS) is 1. The molecule has 110 valence electrons. The third-order valence-corrected chi connectivity index (χ3v) is 4.87. The first-order valence-electron chi connectivity index (χ1n) is 6.82. The highest BCUT2D eigenvalue weighted by atomic mass is 32.2. The quantitative estimate of drug-likeness (QED) is 0.874. The number of hydrogen-bond acceptors (Lipinski definition) is 4. The molecule has 1 saturated heterocycles. The lowest BCUT2D eigenvalue weighted by Gasteiger charge is -2.31. The minimum atomic E-state index is -0.698. The van der Waals surface area contributed by atoms with Gasteiger partial charge in [0, 0.05) is 17.8 Å². The maximum absolute atomic E-state index is 11.3. The first-order valence-corrected chi connectivity index (χ1v) is 7.98. The van der Waals surface area contributed by atoms with Crippen molar-refractivity contribution < 1.29 is 14.6 Å². The molecule has 1 aliphatic rings. The van der Waals surface area contributed by atoms with E-state index in [1.165, 1.54) is 0 Å². The zero-order valence-corrected chi connectivity index (χ0v) is 12.7. The highest BCUT2D eigenvalue weighted by Gasteiger charge is 2.31. The predicted octanol–water partition coefficient (Wildman–Crippen LogP) is 2.55. The molecule has 1 aromatic rings. The summed E-state index contributed by atoms with van der Waals surface area (Å²) in [5.41, 5.74) is 1.15. The molecule has 20 heavy (non-hydrogen) atoms. The Hall–Kier alpha value is -1.20. The van der Waals surface area contributed by atoms with Gasteiger partial charge in [-0.05, 0) is 36.8 Å². The molecule has 0 saturated carbocycles. The van der Waals surface area contributed by atoms with Crippen LogP contribution in [0.5, 0.6) is 5.75 Å². The van der Waals surface area contributed by atoms with E-state index in [-0.39, 0.29) is 18.0 Å². The van der Waals surface area contributed by atoms with E-state index in [9.17, 15) is 9.90 Å². The van der Waals surface area contributed by atoms with Gasteiger partial charge >= 0.3 is 5.97 Å². The lowest BCUT2D eigenvalue weighted by Crippen LogP contribution is -2.45. The van der Waals surface area contributed by atoms with Crippen LogP contribution in [-0.2, 0) is 4.79 Å². The fourth-order valence-electron chi connectivity index (χ4n) is 2.49. The van der Waals surface area contributed by atoms with Gasteiger partial charge in [0.1, 0.15) is 5.75 Å². The number of rotatable bonds is 5. The number of benzene rings is 1. The van der Waals surface area contributed by atoms with Crippen LogP contribution >= 0.6 is 11.8 Å². The normalized spacial score (nSPS) is 24.1. The fraction of sp³-hybridized carbons (Fsp3) is 0.533. The maximum Gasteiger partial charge on any atom is 0.308 e. The summed E-state index contributed by atoms with van der Waals surface area (Å²) in [5.74, 6) is 1.56. The summed E-state index contributed by atoms with van der Waals surface area (Å²) in [7, 11) is 1.65. The lowest BCUT2D eigenvalue weighted by molar-refractivity contribution is -0.142. The van der Waals surface area contributed by atoms with Crippen LogP contribution in [0.2, 0.25) is 0 Å². The van der Waals surface area contributed by atoms with Gasteiger partial charge in [-0.15, -0.1) is 0 Å². The van der Waals surface area contributed by atoms with E-state index in [1.807, 2.05) is 24.3 Å². The summed E-state index contributed by atoms with van der Waals surface area (Å²) in [6.45, 7) is 2.07. The van der Waals surface area contributed by atoms with Gasteiger partial charge in [0.25, 0.3) is 0 Å². The molecule has 0 aromatic heterocycles. The van der Waals surface area contributed by atoms with Crippen LogP contribution in [0.3, 0.4) is 0 Å². The van der Waals surface area contributed by atoms with E-state index in [0.29, 0.717) is 5.75 Å². The van der Waals surface area contributed by atoms with E-state index in [4.69, 9.17) is 4.74 Å². The summed E-state index contributed by atoms with van der Waals surface area (Å²) in [6.07, 6.45) is 0.905. The lowest BCUT2D eigenvalue weighted by atomic mass is 9.96. The van der Waals surface area contributed by atoms with Gasteiger partial charge in [0.05, 0.1) is 13.0 Å². The number of hydrogen-bond donors (Lipinski definition) is 2. The van der Waals surface area contributed by atoms with Crippen molar-refractivity contribution >= 4 is 17.7 Å². The average Bonchev–Trinajstić information content (AvgIpc) is 2.47. The number of ether oxygens (including phenoxy) is 1. The van der Waals surface area contributed by atoms with Gasteiger partial charge in [-0.2, -0.15) is 11.8 Å².